The summed E-state index contributed by atoms with van der Waals surface area (Å²) in [7, 11) is 0. The number of benzene rings is 1. The van der Waals surface area contributed by atoms with Crippen molar-refractivity contribution in [3.63, 3.8) is 0 Å². The molecular formula is C18H24N6O4. The highest BCUT2D eigenvalue weighted by molar-refractivity contribution is 5.57. The molecule has 10 heteroatoms. The molecule has 1 aromatic carbocycles. The first-order valence-corrected chi connectivity index (χ1v) is 9.18. The summed E-state index contributed by atoms with van der Waals surface area (Å²) in [5.74, 6) is 0.381. The molecule has 0 spiro atoms. The van der Waals surface area contributed by atoms with E-state index in [4.69, 9.17) is 5.73 Å². The second kappa shape index (κ2) is 8.70. The molecule has 6 N–H and O–H groups in total. The second-order valence-electron chi connectivity index (χ2n) is 7.02. The van der Waals surface area contributed by atoms with Gasteiger partial charge in [0.05, 0.1) is 4.92 Å². The van der Waals surface area contributed by atoms with Gasteiger partial charge < -0.3 is 26.6 Å². The molecule has 1 saturated carbocycles. The van der Waals surface area contributed by atoms with E-state index in [1.165, 1.54) is 18.3 Å². The van der Waals surface area contributed by atoms with Gasteiger partial charge in [-0.25, -0.2) is 4.98 Å². The van der Waals surface area contributed by atoms with Crippen LogP contribution in [0.1, 0.15) is 31.2 Å². The number of phenolic OH excluding ortho intramolecular Hbond substituents is 2. The van der Waals surface area contributed by atoms with Crippen LogP contribution in [0.5, 0.6) is 11.5 Å². The molecule has 1 aliphatic carbocycles. The third-order valence-corrected chi connectivity index (χ3v) is 4.91. The first kappa shape index (κ1) is 19.6. The molecule has 1 heterocycles. The van der Waals surface area contributed by atoms with Crippen molar-refractivity contribution in [1.29, 1.82) is 0 Å². The summed E-state index contributed by atoms with van der Waals surface area (Å²) in [5.41, 5.74) is 6.44. The van der Waals surface area contributed by atoms with Crippen LogP contribution >= 0.6 is 0 Å². The largest absolute Gasteiger partial charge is 0.504 e. The van der Waals surface area contributed by atoms with Crippen LogP contribution < -0.4 is 16.4 Å². The molecule has 3 rings (SSSR count). The lowest BCUT2D eigenvalue weighted by molar-refractivity contribution is -0.384. The fourth-order valence-electron chi connectivity index (χ4n) is 3.22. The van der Waals surface area contributed by atoms with Crippen molar-refractivity contribution < 1.29 is 15.1 Å². The number of nitrogens with zero attached hydrogens (tertiary/aromatic N) is 3. The highest BCUT2D eigenvalue weighted by atomic mass is 16.6. The molecule has 1 fully saturated rings. The number of aromatic hydroxyl groups is 2. The third kappa shape index (κ3) is 4.97. The number of aromatic nitrogens is 2. The van der Waals surface area contributed by atoms with Gasteiger partial charge in [-0.15, -0.1) is 0 Å². The van der Waals surface area contributed by atoms with Crippen LogP contribution in [0.15, 0.2) is 24.4 Å². The highest BCUT2D eigenvalue weighted by Gasteiger charge is 2.21. The average Bonchev–Trinajstić information content (AvgIpc) is 2.68. The Labute approximate surface area is 162 Å². The monoisotopic (exact) mass is 388 g/mol. The van der Waals surface area contributed by atoms with Crippen LogP contribution in [-0.4, -0.2) is 37.7 Å². The number of phenols is 2. The molecule has 0 radical (unpaired) electrons. The van der Waals surface area contributed by atoms with Crippen LogP contribution in [0.2, 0.25) is 0 Å². The molecule has 28 heavy (non-hydrogen) atoms. The lowest BCUT2D eigenvalue weighted by Crippen LogP contribution is -2.29. The molecule has 1 aliphatic rings. The Morgan fingerprint density at radius 1 is 1.18 bits per heavy atom. The number of nitro groups is 1. The number of nitrogens with one attached hydrogen (secondary N) is 2. The van der Waals surface area contributed by atoms with Crippen LogP contribution in [0.3, 0.4) is 0 Å². The van der Waals surface area contributed by atoms with Crippen molar-refractivity contribution in [3.05, 3.63) is 40.1 Å². The summed E-state index contributed by atoms with van der Waals surface area (Å²) in [4.78, 5) is 19.0. The first-order chi connectivity index (χ1) is 13.4. The zero-order valence-electron chi connectivity index (χ0n) is 15.3. The first-order valence-electron chi connectivity index (χ1n) is 9.18. The Hall–Kier alpha value is -3.14. The molecule has 0 amide bonds. The van der Waals surface area contributed by atoms with Crippen molar-refractivity contribution >= 4 is 17.5 Å². The zero-order valence-corrected chi connectivity index (χ0v) is 15.3. The smallest absolute Gasteiger partial charge is 0.329 e. The Balaban J connectivity index is 1.66. The summed E-state index contributed by atoms with van der Waals surface area (Å²) in [6.45, 7) is 0.876. The number of anilines is 2. The van der Waals surface area contributed by atoms with Crippen molar-refractivity contribution in [2.75, 3.05) is 17.2 Å². The standard InChI is InChI=1S/C18H24N6O4/c19-13-4-1-11(2-5-13)8-20-17-14(24(27)28)10-22-18(23-17)21-9-12-3-6-15(25)16(26)7-12/h3,6-7,10-11,13,25-26H,1-2,4-5,8-9,19H2,(H2,20,21,22,23). The molecule has 1 aromatic heterocycles. The van der Waals surface area contributed by atoms with Crippen LogP contribution in [0.25, 0.3) is 0 Å². The molecule has 0 unspecified atom stereocenters. The Bertz CT molecular complexity index is 839. The van der Waals surface area contributed by atoms with Crippen molar-refractivity contribution in [2.24, 2.45) is 11.7 Å². The van der Waals surface area contributed by atoms with Gasteiger partial charge in [0.25, 0.3) is 0 Å². The Kier molecular flexibility index (Phi) is 6.09. The Morgan fingerprint density at radius 3 is 2.61 bits per heavy atom. The van der Waals surface area contributed by atoms with E-state index in [-0.39, 0.29) is 41.5 Å². The molecule has 0 bridgehead atoms. The van der Waals surface area contributed by atoms with Crippen molar-refractivity contribution in [2.45, 2.75) is 38.3 Å². The van der Waals surface area contributed by atoms with E-state index in [1.807, 2.05) is 0 Å². The van der Waals surface area contributed by atoms with Crippen molar-refractivity contribution in [3.8, 4) is 11.5 Å². The maximum atomic E-state index is 11.3. The number of nitrogens with two attached hydrogens (primary N) is 1. The van der Waals surface area contributed by atoms with Gasteiger partial charge in [0.1, 0.15) is 6.20 Å². The van der Waals surface area contributed by atoms with Gasteiger partial charge in [0, 0.05) is 19.1 Å². The van der Waals surface area contributed by atoms with Crippen LogP contribution in [-0.2, 0) is 6.54 Å². The maximum Gasteiger partial charge on any atom is 0.329 e. The minimum absolute atomic E-state index is 0.172. The van der Waals surface area contributed by atoms with E-state index in [0.29, 0.717) is 18.0 Å². The highest BCUT2D eigenvalue weighted by Crippen LogP contribution is 2.27. The SMILES string of the molecule is NC1CCC(CNc2nc(NCc3ccc(O)c(O)c3)ncc2[N+](=O)[O-])CC1. The van der Waals surface area contributed by atoms with Gasteiger partial charge >= 0.3 is 5.69 Å². The fraction of sp³-hybridized carbons (Fsp3) is 0.444. The van der Waals surface area contributed by atoms with Crippen molar-refractivity contribution in [1.82, 2.24) is 9.97 Å². The second-order valence-corrected chi connectivity index (χ2v) is 7.02. The van der Waals surface area contributed by atoms with E-state index < -0.39 is 4.92 Å². The molecular weight excluding hydrogens is 364 g/mol. The number of hydrogen-bond acceptors (Lipinski definition) is 9. The van der Waals surface area contributed by atoms with E-state index >= 15 is 0 Å². The topological polar surface area (TPSA) is 159 Å². The third-order valence-electron chi connectivity index (χ3n) is 4.91. The normalized spacial score (nSPS) is 19.2. The summed E-state index contributed by atoms with van der Waals surface area (Å²) in [6, 6.07) is 4.69. The quantitative estimate of drug-likeness (QED) is 0.272. The molecule has 0 atom stereocenters. The minimum Gasteiger partial charge on any atom is -0.504 e. The maximum absolute atomic E-state index is 11.3. The van der Waals surface area contributed by atoms with Gasteiger partial charge in [-0.2, -0.15) is 4.98 Å². The van der Waals surface area contributed by atoms with Crippen LogP contribution in [0.4, 0.5) is 17.5 Å². The van der Waals surface area contributed by atoms with E-state index in [9.17, 15) is 20.3 Å². The van der Waals surface area contributed by atoms with Gasteiger partial charge in [0.15, 0.2) is 11.5 Å². The predicted molar refractivity (Wildman–Crippen MR) is 104 cm³/mol. The lowest BCUT2D eigenvalue weighted by atomic mass is 9.86. The molecule has 150 valence electrons. The number of hydrogen-bond donors (Lipinski definition) is 5. The minimum atomic E-state index is -0.513. The Morgan fingerprint density at radius 2 is 1.93 bits per heavy atom. The lowest BCUT2D eigenvalue weighted by Gasteiger charge is -2.26. The van der Waals surface area contributed by atoms with E-state index in [1.54, 1.807) is 6.07 Å². The molecule has 0 saturated heterocycles. The van der Waals surface area contributed by atoms with Gasteiger partial charge in [-0.1, -0.05) is 6.07 Å². The number of rotatable bonds is 7. The average molecular weight is 388 g/mol. The molecule has 2 aromatic rings. The fourth-order valence-corrected chi connectivity index (χ4v) is 3.22. The van der Waals surface area contributed by atoms with E-state index in [0.717, 1.165) is 25.7 Å². The zero-order chi connectivity index (χ0) is 20.1. The summed E-state index contributed by atoms with van der Waals surface area (Å²) in [5, 5.41) is 36.2. The summed E-state index contributed by atoms with van der Waals surface area (Å²) in [6.07, 6.45) is 5.07. The van der Waals surface area contributed by atoms with Gasteiger partial charge in [0.2, 0.25) is 11.8 Å². The summed E-state index contributed by atoms with van der Waals surface area (Å²) < 4.78 is 0. The van der Waals surface area contributed by atoms with Gasteiger partial charge in [-0.05, 0) is 49.3 Å². The molecule has 0 aliphatic heterocycles. The van der Waals surface area contributed by atoms with Crippen LogP contribution in [0, 0.1) is 16.0 Å². The molecule has 10 nitrogen and oxygen atoms in total. The van der Waals surface area contributed by atoms with Gasteiger partial charge in [-0.3, -0.25) is 10.1 Å². The predicted octanol–water partition coefficient (Wildman–Crippen LogP) is 2.34. The summed E-state index contributed by atoms with van der Waals surface area (Å²) >= 11 is 0. The van der Waals surface area contributed by atoms with E-state index in [2.05, 4.69) is 20.6 Å².